The van der Waals surface area contributed by atoms with Gasteiger partial charge in [-0.05, 0) is 48.5 Å². The Morgan fingerprint density at radius 1 is 0.806 bits per heavy atom. The Balaban J connectivity index is 1.40. The zero-order valence-electron chi connectivity index (χ0n) is 16.5. The molecule has 3 heterocycles. The van der Waals surface area contributed by atoms with E-state index in [0.29, 0.717) is 35.2 Å². The van der Waals surface area contributed by atoms with Gasteiger partial charge in [-0.3, -0.25) is 0 Å². The number of hydrogen-bond acceptors (Lipinski definition) is 8. The maximum Gasteiger partial charge on any atom is 0.204 e. The number of anilines is 2. The van der Waals surface area contributed by atoms with E-state index in [1.807, 2.05) is 48.5 Å². The zero-order chi connectivity index (χ0) is 21.2. The van der Waals surface area contributed by atoms with E-state index < -0.39 is 0 Å². The summed E-state index contributed by atoms with van der Waals surface area (Å²) < 4.78 is 5.52. The molecule has 31 heavy (non-hydrogen) atoms. The summed E-state index contributed by atoms with van der Waals surface area (Å²) in [6.07, 6.45) is -0.385. The average Bonchev–Trinajstić information content (AvgIpc) is 3.19. The smallest absolute Gasteiger partial charge is 0.204 e. The monoisotopic (exact) mass is 457 g/mol. The van der Waals surface area contributed by atoms with Crippen LogP contribution in [-0.4, -0.2) is 49.3 Å². The van der Waals surface area contributed by atoms with Gasteiger partial charge in [0.15, 0.2) is 6.17 Å². The van der Waals surface area contributed by atoms with Crippen molar-refractivity contribution >= 4 is 46.5 Å². The van der Waals surface area contributed by atoms with Crippen molar-refractivity contribution in [1.29, 1.82) is 0 Å². The first kappa shape index (κ1) is 20.0. The van der Waals surface area contributed by atoms with E-state index >= 15 is 0 Å². The summed E-state index contributed by atoms with van der Waals surface area (Å²) in [4.78, 5) is 11.7. The SMILES string of the molecule is Clc1ccc(NC2=NC3N=C(Nc4ccc(Cl)cc4)NC(N4CCOCC4)=C3N2)cc1. The second-order valence-corrected chi connectivity index (χ2v) is 8.08. The number of ether oxygens (including phenoxy) is 1. The van der Waals surface area contributed by atoms with Crippen LogP contribution in [-0.2, 0) is 4.74 Å². The molecule has 0 spiro atoms. The molecule has 0 aromatic heterocycles. The third-order valence-electron chi connectivity index (χ3n) is 5.05. The van der Waals surface area contributed by atoms with Gasteiger partial charge in [0.25, 0.3) is 0 Å². The van der Waals surface area contributed by atoms with Crippen molar-refractivity contribution < 1.29 is 4.74 Å². The molecule has 8 nitrogen and oxygen atoms in total. The molecule has 4 N–H and O–H groups in total. The third kappa shape index (κ3) is 4.56. The van der Waals surface area contributed by atoms with Gasteiger partial charge in [-0.25, -0.2) is 9.98 Å². The number of nitrogens with zero attached hydrogens (tertiary/aromatic N) is 3. The van der Waals surface area contributed by atoms with Crippen LogP contribution < -0.4 is 21.3 Å². The minimum absolute atomic E-state index is 0.385. The van der Waals surface area contributed by atoms with Crippen molar-refractivity contribution in [2.45, 2.75) is 6.17 Å². The number of benzene rings is 2. The van der Waals surface area contributed by atoms with Crippen LogP contribution in [0.5, 0.6) is 0 Å². The van der Waals surface area contributed by atoms with Gasteiger partial charge in [0, 0.05) is 34.5 Å². The molecule has 1 saturated heterocycles. The van der Waals surface area contributed by atoms with Crippen LogP contribution >= 0.6 is 23.2 Å². The summed E-state index contributed by atoms with van der Waals surface area (Å²) in [6, 6.07) is 15.0. The number of guanidine groups is 2. The molecule has 2 aromatic rings. The molecular formula is C21H21Cl2N7O. The van der Waals surface area contributed by atoms with Gasteiger partial charge in [-0.1, -0.05) is 23.2 Å². The van der Waals surface area contributed by atoms with Crippen molar-refractivity contribution in [3.8, 4) is 0 Å². The van der Waals surface area contributed by atoms with E-state index in [9.17, 15) is 0 Å². The minimum atomic E-state index is -0.385. The van der Waals surface area contributed by atoms with Crippen LogP contribution in [0.1, 0.15) is 0 Å². The highest BCUT2D eigenvalue weighted by molar-refractivity contribution is 6.31. The van der Waals surface area contributed by atoms with E-state index in [-0.39, 0.29) is 6.17 Å². The van der Waals surface area contributed by atoms with Crippen LogP contribution in [0.2, 0.25) is 10.0 Å². The van der Waals surface area contributed by atoms with Gasteiger partial charge in [0.05, 0.1) is 13.2 Å². The minimum Gasteiger partial charge on any atom is -0.378 e. The van der Waals surface area contributed by atoms with Gasteiger partial charge >= 0.3 is 0 Å². The van der Waals surface area contributed by atoms with Crippen LogP contribution in [0, 0.1) is 0 Å². The number of morpholine rings is 1. The van der Waals surface area contributed by atoms with Crippen LogP contribution in [0.15, 0.2) is 70.0 Å². The van der Waals surface area contributed by atoms with Gasteiger partial charge in [0.1, 0.15) is 11.5 Å². The summed E-state index contributed by atoms with van der Waals surface area (Å²) in [5, 5.41) is 14.8. The van der Waals surface area contributed by atoms with Gasteiger partial charge in [-0.2, -0.15) is 0 Å². The largest absolute Gasteiger partial charge is 0.378 e. The maximum absolute atomic E-state index is 6.00. The highest BCUT2D eigenvalue weighted by atomic mass is 35.5. The zero-order valence-corrected chi connectivity index (χ0v) is 18.0. The number of halogens is 2. The summed E-state index contributed by atoms with van der Waals surface area (Å²) in [6.45, 7) is 2.93. The van der Waals surface area contributed by atoms with Crippen LogP contribution in [0.3, 0.4) is 0 Å². The Kier molecular flexibility index (Phi) is 5.59. The normalized spacial score (nSPS) is 20.3. The van der Waals surface area contributed by atoms with Crippen molar-refractivity contribution in [2.24, 2.45) is 9.98 Å². The predicted molar refractivity (Wildman–Crippen MR) is 124 cm³/mol. The number of rotatable bonds is 3. The summed E-state index contributed by atoms with van der Waals surface area (Å²) in [5.74, 6) is 2.19. The molecule has 0 amide bonds. The molecule has 10 heteroatoms. The molecule has 3 aliphatic rings. The first-order valence-electron chi connectivity index (χ1n) is 9.96. The van der Waals surface area contributed by atoms with E-state index in [0.717, 1.165) is 36.0 Å². The summed E-state index contributed by atoms with van der Waals surface area (Å²) >= 11 is 12.0. The number of nitrogens with one attached hydrogen (secondary N) is 4. The first-order valence-corrected chi connectivity index (χ1v) is 10.7. The van der Waals surface area contributed by atoms with E-state index in [2.05, 4.69) is 26.2 Å². The van der Waals surface area contributed by atoms with Crippen molar-refractivity contribution in [1.82, 2.24) is 15.5 Å². The molecule has 0 bridgehead atoms. The molecule has 2 aromatic carbocycles. The average molecular weight is 458 g/mol. The molecule has 1 fully saturated rings. The van der Waals surface area contributed by atoms with Crippen molar-refractivity contribution in [3.05, 3.63) is 70.1 Å². The van der Waals surface area contributed by atoms with Crippen molar-refractivity contribution in [3.63, 3.8) is 0 Å². The van der Waals surface area contributed by atoms with Gasteiger partial charge < -0.3 is 30.9 Å². The Hall–Kier alpha value is -2.94. The highest BCUT2D eigenvalue weighted by Crippen LogP contribution is 2.24. The topological polar surface area (TPSA) is 85.3 Å². The number of aliphatic imine (C=N–C) groups is 2. The number of fused-ring (bicyclic) bond motifs is 1. The fraction of sp³-hybridized carbons (Fsp3) is 0.238. The molecule has 160 valence electrons. The lowest BCUT2D eigenvalue weighted by Crippen LogP contribution is -2.48. The highest BCUT2D eigenvalue weighted by Gasteiger charge is 2.33. The van der Waals surface area contributed by atoms with Crippen LogP contribution in [0.4, 0.5) is 11.4 Å². The third-order valence-corrected chi connectivity index (χ3v) is 5.55. The Morgan fingerprint density at radius 2 is 1.32 bits per heavy atom. The standard InChI is InChI=1S/C21H21Cl2N7O/c22-13-1-5-15(6-2-13)24-20-26-17-18(27-20)28-21(25-16-7-3-14(23)4-8-16)29-19(17)30-9-11-31-12-10-30/h1-8,18H,9-12H2,(H2,24,26,27)(H2,25,28,29). The fourth-order valence-corrected chi connectivity index (χ4v) is 3.78. The van der Waals surface area contributed by atoms with E-state index in [4.69, 9.17) is 37.9 Å². The van der Waals surface area contributed by atoms with E-state index in [1.54, 1.807) is 0 Å². The fourth-order valence-electron chi connectivity index (χ4n) is 3.52. The summed E-state index contributed by atoms with van der Waals surface area (Å²) in [5.41, 5.74) is 2.68. The molecule has 0 radical (unpaired) electrons. The van der Waals surface area contributed by atoms with Crippen LogP contribution in [0.25, 0.3) is 0 Å². The molecule has 1 unspecified atom stereocenters. The second kappa shape index (κ2) is 8.66. The molecule has 0 aliphatic carbocycles. The molecule has 5 rings (SSSR count). The number of hydrogen-bond donors (Lipinski definition) is 4. The Labute approximate surface area is 190 Å². The van der Waals surface area contributed by atoms with Gasteiger partial charge in [-0.15, -0.1) is 0 Å². The lowest BCUT2D eigenvalue weighted by atomic mass is 10.2. The molecule has 0 saturated carbocycles. The molecular weight excluding hydrogens is 437 g/mol. The first-order chi connectivity index (χ1) is 15.1. The van der Waals surface area contributed by atoms with Crippen molar-refractivity contribution in [2.75, 3.05) is 36.9 Å². The molecule has 3 aliphatic heterocycles. The lowest BCUT2D eigenvalue weighted by molar-refractivity contribution is 0.0506. The lowest BCUT2D eigenvalue weighted by Gasteiger charge is -2.35. The summed E-state index contributed by atoms with van der Waals surface area (Å²) in [7, 11) is 0. The quantitative estimate of drug-likeness (QED) is 0.565. The Morgan fingerprint density at radius 3 is 1.87 bits per heavy atom. The van der Waals surface area contributed by atoms with Gasteiger partial charge in [0.2, 0.25) is 11.9 Å². The molecule has 1 atom stereocenters. The predicted octanol–water partition coefficient (Wildman–Crippen LogP) is 3.26. The second-order valence-electron chi connectivity index (χ2n) is 7.20. The Bertz CT molecular complexity index is 1040. The van der Waals surface area contributed by atoms with E-state index in [1.165, 1.54) is 0 Å². The maximum atomic E-state index is 6.00.